The number of hydrogen-bond donors (Lipinski definition) is 2. The first-order valence-corrected chi connectivity index (χ1v) is 14.5. The first-order valence-electron chi connectivity index (χ1n) is 12.5. The molecule has 1 heterocycles. The molecule has 1 aromatic heterocycles. The van der Waals surface area contributed by atoms with Crippen molar-refractivity contribution in [3.8, 4) is 16.9 Å². The van der Waals surface area contributed by atoms with Crippen LogP contribution in [0.2, 0.25) is 0 Å². The van der Waals surface area contributed by atoms with Gasteiger partial charge in [0.25, 0.3) is 5.91 Å². The zero-order valence-corrected chi connectivity index (χ0v) is 22.7. The van der Waals surface area contributed by atoms with Gasteiger partial charge in [0.15, 0.2) is 0 Å². The minimum absolute atomic E-state index is 0.0718. The normalized spacial score (nSPS) is 12.9. The lowest BCUT2D eigenvalue weighted by Crippen LogP contribution is -2.42. The van der Waals surface area contributed by atoms with Crippen LogP contribution in [0.15, 0.2) is 85.5 Å². The number of nitrogens with zero attached hydrogens (tertiary/aromatic N) is 2. The topological polar surface area (TPSA) is 128 Å². The third-order valence-corrected chi connectivity index (χ3v) is 7.20. The van der Waals surface area contributed by atoms with Gasteiger partial charge < -0.3 is 19.7 Å². The standard InChI is InChI=1S/C29H27F2N3O6S/c1-41(38,39)15-12-26(29(36)37)33-28(35)24-11-10-23(16-25(24)19-2-6-21(30)7-3-19)40-27(17-34-14-13-32-18-34)20-4-8-22(31)9-5-20/h2-11,13-14,16,18,26-27H,12,15,17H2,1H3,(H,33,35)(H,36,37). The van der Waals surface area contributed by atoms with E-state index >= 15 is 0 Å². The molecule has 4 rings (SSSR count). The van der Waals surface area contributed by atoms with Crippen molar-refractivity contribution in [2.45, 2.75) is 25.1 Å². The minimum atomic E-state index is -3.46. The number of carboxylic acids is 1. The Bertz CT molecular complexity index is 1610. The van der Waals surface area contributed by atoms with E-state index in [2.05, 4.69) is 10.3 Å². The highest BCUT2D eigenvalue weighted by atomic mass is 32.2. The van der Waals surface area contributed by atoms with Crippen LogP contribution in [-0.2, 0) is 21.2 Å². The average Bonchev–Trinajstić information content (AvgIpc) is 3.44. The summed E-state index contributed by atoms with van der Waals surface area (Å²) in [6.07, 6.45) is 5.05. The summed E-state index contributed by atoms with van der Waals surface area (Å²) in [5.74, 6) is -3.13. The first-order chi connectivity index (χ1) is 19.5. The summed E-state index contributed by atoms with van der Waals surface area (Å²) in [6.45, 7) is 0.334. The van der Waals surface area contributed by atoms with Crippen molar-refractivity contribution in [2.24, 2.45) is 0 Å². The van der Waals surface area contributed by atoms with Crippen molar-refractivity contribution >= 4 is 21.7 Å². The van der Waals surface area contributed by atoms with Crippen molar-refractivity contribution in [3.05, 3.63) is 108 Å². The maximum Gasteiger partial charge on any atom is 0.326 e. The lowest BCUT2D eigenvalue weighted by molar-refractivity contribution is -0.139. The fourth-order valence-corrected chi connectivity index (χ4v) is 4.79. The Morgan fingerprint density at radius 3 is 2.27 bits per heavy atom. The number of halogens is 2. The van der Waals surface area contributed by atoms with Gasteiger partial charge in [-0.3, -0.25) is 4.79 Å². The molecule has 3 aromatic carbocycles. The summed E-state index contributed by atoms with van der Waals surface area (Å²) in [4.78, 5) is 29.0. The van der Waals surface area contributed by atoms with E-state index in [0.29, 0.717) is 29.0 Å². The number of carbonyl (C=O) groups is 2. The first kappa shape index (κ1) is 29.4. The predicted octanol–water partition coefficient (Wildman–Crippen LogP) is 4.27. The van der Waals surface area contributed by atoms with Crippen LogP contribution >= 0.6 is 0 Å². The fourth-order valence-electron chi connectivity index (χ4n) is 4.13. The molecule has 2 atom stereocenters. The molecule has 214 valence electrons. The number of amides is 1. The number of sulfone groups is 1. The number of aliphatic carboxylic acids is 1. The summed E-state index contributed by atoms with van der Waals surface area (Å²) in [7, 11) is -3.46. The molecule has 0 bridgehead atoms. The molecule has 0 aliphatic carbocycles. The second-order valence-electron chi connectivity index (χ2n) is 9.41. The number of aromatic nitrogens is 2. The summed E-state index contributed by atoms with van der Waals surface area (Å²) >= 11 is 0. The van der Waals surface area contributed by atoms with Crippen molar-refractivity contribution in [1.29, 1.82) is 0 Å². The monoisotopic (exact) mass is 583 g/mol. The highest BCUT2D eigenvalue weighted by molar-refractivity contribution is 7.90. The van der Waals surface area contributed by atoms with Gasteiger partial charge in [-0.05, 0) is 65.6 Å². The summed E-state index contributed by atoms with van der Waals surface area (Å²) < 4.78 is 58.5. The maximum absolute atomic E-state index is 13.7. The molecule has 2 unspecified atom stereocenters. The molecule has 41 heavy (non-hydrogen) atoms. The Morgan fingerprint density at radius 1 is 1.02 bits per heavy atom. The Hall–Kier alpha value is -4.58. The Balaban J connectivity index is 1.68. The van der Waals surface area contributed by atoms with Crippen LogP contribution in [0.1, 0.15) is 28.4 Å². The molecule has 0 aliphatic rings. The Kier molecular flexibility index (Phi) is 9.13. The van der Waals surface area contributed by atoms with E-state index < -0.39 is 51.2 Å². The van der Waals surface area contributed by atoms with E-state index in [0.717, 1.165) is 6.26 Å². The van der Waals surface area contributed by atoms with Crippen LogP contribution in [-0.4, -0.2) is 53.0 Å². The lowest BCUT2D eigenvalue weighted by atomic mass is 9.98. The number of rotatable bonds is 12. The second-order valence-corrected chi connectivity index (χ2v) is 11.7. The zero-order chi connectivity index (χ0) is 29.6. The Morgan fingerprint density at radius 2 is 1.68 bits per heavy atom. The van der Waals surface area contributed by atoms with E-state index in [1.165, 1.54) is 48.5 Å². The van der Waals surface area contributed by atoms with Crippen LogP contribution in [0.4, 0.5) is 8.78 Å². The smallest absolute Gasteiger partial charge is 0.326 e. The molecule has 4 aromatic rings. The van der Waals surface area contributed by atoms with E-state index in [1.807, 2.05) is 0 Å². The van der Waals surface area contributed by atoms with Gasteiger partial charge in [-0.2, -0.15) is 0 Å². The molecule has 0 saturated heterocycles. The largest absolute Gasteiger partial charge is 0.484 e. The third-order valence-electron chi connectivity index (χ3n) is 6.23. The van der Waals surface area contributed by atoms with Crippen molar-refractivity contribution in [1.82, 2.24) is 14.9 Å². The van der Waals surface area contributed by atoms with Gasteiger partial charge in [-0.25, -0.2) is 27.0 Å². The predicted molar refractivity (Wildman–Crippen MR) is 147 cm³/mol. The molecule has 9 nitrogen and oxygen atoms in total. The summed E-state index contributed by atoms with van der Waals surface area (Å²) in [5, 5.41) is 11.9. The van der Waals surface area contributed by atoms with Gasteiger partial charge in [0.2, 0.25) is 0 Å². The number of benzene rings is 3. The quantitative estimate of drug-likeness (QED) is 0.255. The lowest BCUT2D eigenvalue weighted by Gasteiger charge is -2.22. The molecule has 0 aliphatic heterocycles. The highest BCUT2D eigenvalue weighted by Crippen LogP contribution is 2.32. The molecule has 12 heteroatoms. The van der Waals surface area contributed by atoms with Crippen molar-refractivity contribution in [3.63, 3.8) is 0 Å². The molecular weight excluding hydrogens is 556 g/mol. The van der Waals surface area contributed by atoms with Crippen LogP contribution < -0.4 is 10.1 Å². The van der Waals surface area contributed by atoms with Crippen molar-refractivity contribution in [2.75, 3.05) is 12.0 Å². The van der Waals surface area contributed by atoms with Crippen LogP contribution in [0, 0.1) is 11.6 Å². The number of hydrogen-bond acceptors (Lipinski definition) is 6. The molecule has 0 radical (unpaired) electrons. The molecule has 0 fully saturated rings. The van der Waals surface area contributed by atoms with Crippen LogP contribution in [0.25, 0.3) is 11.1 Å². The maximum atomic E-state index is 13.7. The van der Waals surface area contributed by atoms with Crippen LogP contribution in [0.5, 0.6) is 5.75 Å². The molecule has 2 N–H and O–H groups in total. The molecule has 0 spiro atoms. The van der Waals surface area contributed by atoms with Gasteiger partial charge in [0, 0.05) is 24.2 Å². The zero-order valence-electron chi connectivity index (χ0n) is 21.9. The fraction of sp³-hybridized carbons (Fsp3) is 0.207. The number of imidazole rings is 1. The SMILES string of the molecule is CS(=O)(=O)CCC(NC(=O)c1ccc(OC(Cn2ccnc2)c2ccc(F)cc2)cc1-c1ccc(F)cc1)C(=O)O. The van der Waals surface area contributed by atoms with Crippen LogP contribution in [0.3, 0.4) is 0 Å². The van der Waals surface area contributed by atoms with Gasteiger partial charge in [0.05, 0.1) is 18.6 Å². The second kappa shape index (κ2) is 12.7. The van der Waals surface area contributed by atoms with Gasteiger partial charge in [-0.1, -0.05) is 24.3 Å². The minimum Gasteiger partial charge on any atom is -0.484 e. The third kappa shape index (κ3) is 8.21. The van der Waals surface area contributed by atoms with E-state index in [9.17, 15) is 31.9 Å². The van der Waals surface area contributed by atoms with E-state index in [-0.39, 0.29) is 12.0 Å². The number of nitrogens with one attached hydrogen (secondary N) is 1. The molecular formula is C29H27F2N3O6S. The van der Waals surface area contributed by atoms with Gasteiger partial charge in [0.1, 0.15) is 39.4 Å². The van der Waals surface area contributed by atoms with E-state index in [1.54, 1.807) is 41.5 Å². The van der Waals surface area contributed by atoms with Crippen molar-refractivity contribution < 1.29 is 36.6 Å². The van der Waals surface area contributed by atoms with Gasteiger partial charge >= 0.3 is 5.97 Å². The average molecular weight is 584 g/mol. The number of ether oxygens (including phenoxy) is 1. The number of carbonyl (C=O) groups excluding carboxylic acids is 1. The molecule has 0 saturated carbocycles. The highest BCUT2D eigenvalue weighted by Gasteiger charge is 2.25. The van der Waals surface area contributed by atoms with E-state index in [4.69, 9.17) is 4.74 Å². The van der Waals surface area contributed by atoms with Gasteiger partial charge in [-0.15, -0.1) is 0 Å². The Labute approximate surface area is 235 Å². The molecule has 1 amide bonds. The number of carboxylic acid groups (broad SMARTS) is 1. The summed E-state index contributed by atoms with van der Waals surface area (Å²) in [5.41, 5.74) is 1.54. The summed E-state index contributed by atoms with van der Waals surface area (Å²) in [6, 6.07) is 14.3.